The summed E-state index contributed by atoms with van der Waals surface area (Å²) in [5.41, 5.74) is 8.05. The summed E-state index contributed by atoms with van der Waals surface area (Å²) < 4.78 is 25.6. The SMILES string of the molecule is CNS(=O)(=O)c1ccc(NCCc2csc(C)n2)c(N)c1. The Labute approximate surface area is 128 Å². The summed E-state index contributed by atoms with van der Waals surface area (Å²) in [5.74, 6) is 0. The summed E-state index contributed by atoms with van der Waals surface area (Å²) in [5, 5.41) is 6.27. The number of sulfonamides is 1. The van der Waals surface area contributed by atoms with Gasteiger partial charge < -0.3 is 11.1 Å². The maximum atomic E-state index is 11.7. The van der Waals surface area contributed by atoms with Crippen molar-refractivity contribution in [2.24, 2.45) is 0 Å². The molecule has 0 unspecified atom stereocenters. The van der Waals surface area contributed by atoms with Crippen LogP contribution in [0.3, 0.4) is 0 Å². The fourth-order valence-electron chi connectivity index (χ4n) is 1.84. The molecule has 1 heterocycles. The number of nitrogens with zero attached hydrogens (tertiary/aromatic N) is 1. The molecule has 1 aromatic heterocycles. The zero-order valence-electron chi connectivity index (χ0n) is 11.9. The molecular weight excluding hydrogens is 308 g/mol. The molecule has 0 bridgehead atoms. The van der Waals surface area contributed by atoms with E-state index in [0.29, 0.717) is 12.2 Å². The maximum Gasteiger partial charge on any atom is 0.240 e. The summed E-state index contributed by atoms with van der Waals surface area (Å²) >= 11 is 1.62. The van der Waals surface area contributed by atoms with Crippen molar-refractivity contribution >= 4 is 32.7 Å². The van der Waals surface area contributed by atoms with E-state index in [1.54, 1.807) is 17.4 Å². The smallest absolute Gasteiger partial charge is 0.240 e. The van der Waals surface area contributed by atoms with Gasteiger partial charge in [-0.15, -0.1) is 11.3 Å². The van der Waals surface area contributed by atoms with E-state index in [2.05, 4.69) is 15.0 Å². The van der Waals surface area contributed by atoms with Crippen molar-refractivity contribution in [2.75, 3.05) is 24.6 Å². The molecule has 4 N–H and O–H groups in total. The molecule has 8 heteroatoms. The van der Waals surface area contributed by atoms with Gasteiger partial charge in [-0.25, -0.2) is 18.1 Å². The number of nitrogens with two attached hydrogens (primary N) is 1. The first-order chi connectivity index (χ1) is 9.92. The highest BCUT2D eigenvalue weighted by Gasteiger charge is 2.12. The molecule has 2 aromatic rings. The van der Waals surface area contributed by atoms with Gasteiger partial charge in [0.2, 0.25) is 10.0 Å². The van der Waals surface area contributed by atoms with Crippen molar-refractivity contribution in [1.82, 2.24) is 9.71 Å². The maximum absolute atomic E-state index is 11.7. The average molecular weight is 326 g/mol. The molecule has 0 aliphatic rings. The van der Waals surface area contributed by atoms with Crippen LogP contribution in [0.25, 0.3) is 0 Å². The van der Waals surface area contributed by atoms with Gasteiger partial charge in [-0.05, 0) is 32.2 Å². The summed E-state index contributed by atoms with van der Waals surface area (Å²) in [6, 6.07) is 4.64. The van der Waals surface area contributed by atoms with Crippen LogP contribution in [0.15, 0.2) is 28.5 Å². The predicted molar refractivity (Wildman–Crippen MR) is 86.1 cm³/mol. The number of rotatable bonds is 6. The van der Waals surface area contributed by atoms with Crippen molar-refractivity contribution in [1.29, 1.82) is 0 Å². The Balaban J connectivity index is 2.01. The molecule has 6 nitrogen and oxygen atoms in total. The second-order valence-electron chi connectivity index (χ2n) is 4.49. The van der Waals surface area contributed by atoms with Crippen LogP contribution in [0.5, 0.6) is 0 Å². The Kier molecular flexibility index (Phi) is 4.81. The topological polar surface area (TPSA) is 97.1 Å². The molecule has 114 valence electrons. The van der Waals surface area contributed by atoms with Crippen molar-refractivity contribution in [3.63, 3.8) is 0 Å². The number of benzene rings is 1. The summed E-state index contributed by atoms with van der Waals surface area (Å²) in [6.07, 6.45) is 0.792. The van der Waals surface area contributed by atoms with Crippen LogP contribution in [-0.2, 0) is 16.4 Å². The number of nitrogens with one attached hydrogen (secondary N) is 2. The van der Waals surface area contributed by atoms with E-state index in [9.17, 15) is 8.42 Å². The zero-order valence-corrected chi connectivity index (χ0v) is 13.5. The van der Waals surface area contributed by atoms with Gasteiger partial charge in [0.25, 0.3) is 0 Å². The fourth-order valence-corrected chi connectivity index (χ4v) is 3.25. The molecule has 0 aliphatic heterocycles. The van der Waals surface area contributed by atoms with Gasteiger partial charge in [0, 0.05) is 18.3 Å². The zero-order chi connectivity index (χ0) is 15.5. The number of hydrogen-bond donors (Lipinski definition) is 3. The first-order valence-corrected chi connectivity index (χ1v) is 8.76. The molecule has 0 radical (unpaired) electrons. The number of nitrogen functional groups attached to an aromatic ring is 1. The van der Waals surface area contributed by atoms with Crippen LogP contribution in [0.4, 0.5) is 11.4 Å². The molecule has 0 saturated heterocycles. The van der Waals surface area contributed by atoms with Crippen molar-refractivity contribution < 1.29 is 8.42 Å². The minimum Gasteiger partial charge on any atom is -0.397 e. The van der Waals surface area contributed by atoms with Crippen LogP contribution in [0.1, 0.15) is 10.7 Å². The van der Waals surface area contributed by atoms with Crippen LogP contribution >= 0.6 is 11.3 Å². The lowest BCUT2D eigenvalue weighted by molar-refractivity contribution is 0.588. The number of anilines is 2. The third-order valence-corrected chi connectivity index (χ3v) is 5.20. The van der Waals surface area contributed by atoms with Gasteiger partial charge in [-0.2, -0.15) is 0 Å². The molecule has 21 heavy (non-hydrogen) atoms. The lowest BCUT2D eigenvalue weighted by Crippen LogP contribution is -2.19. The fraction of sp³-hybridized carbons (Fsp3) is 0.308. The highest BCUT2D eigenvalue weighted by molar-refractivity contribution is 7.89. The molecule has 0 aliphatic carbocycles. The first-order valence-electron chi connectivity index (χ1n) is 6.40. The van der Waals surface area contributed by atoms with Gasteiger partial charge in [-0.3, -0.25) is 0 Å². The minimum atomic E-state index is -3.46. The van der Waals surface area contributed by atoms with Gasteiger partial charge >= 0.3 is 0 Å². The molecule has 1 aromatic carbocycles. The van der Waals surface area contributed by atoms with Gasteiger partial charge in [0.1, 0.15) is 0 Å². The number of thiazole rings is 1. The Morgan fingerprint density at radius 1 is 1.38 bits per heavy atom. The second-order valence-corrected chi connectivity index (χ2v) is 7.44. The molecule has 2 rings (SSSR count). The normalized spacial score (nSPS) is 11.5. The third-order valence-electron chi connectivity index (χ3n) is 2.97. The Bertz CT molecular complexity index is 726. The lowest BCUT2D eigenvalue weighted by atomic mass is 10.2. The van der Waals surface area contributed by atoms with Crippen LogP contribution < -0.4 is 15.8 Å². The molecule has 0 fully saturated rings. The Hall–Kier alpha value is -1.64. The summed E-state index contributed by atoms with van der Waals surface area (Å²) in [6.45, 7) is 2.66. The second kappa shape index (κ2) is 6.42. The largest absolute Gasteiger partial charge is 0.397 e. The first kappa shape index (κ1) is 15.7. The molecule has 0 saturated carbocycles. The highest BCUT2D eigenvalue weighted by Crippen LogP contribution is 2.22. The Morgan fingerprint density at radius 3 is 2.71 bits per heavy atom. The quantitative estimate of drug-likeness (QED) is 0.701. The van der Waals surface area contributed by atoms with E-state index in [-0.39, 0.29) is 4.90 Å². The van der Waals surface area contributed by atoms with Crippen molar-refractivity contribution in [3.8, 4) is 0 Å². The van der Waals surface area contributed by atoms with Gasteiger partial charge in [0.05, 0.1) is 27.0 Å². The molecule has 0 atom stereocenters. The van der Waals surface area contributed by atoms with Crippen LogP contribution in [-0.4, -0.2) is 27.0 Å². The van der Waals surface area contributed by atoms with Crippen LogP contribution in [0.2, 0.25) is 0 Å². The molecule has 0 amide bonds. The highest BCUT2D eigenvalue weighted by atomic mass is 32.2. The van der Waals surface area contributed by atoms with E-state index in [4.69, 9.17) is 5.73 Å². The van der Waals surface area contributed by atoms with Crippen molar-refractivity contribution in [3.05, 3.63) is 34.3 Å². The van der Waals surface area contributed by atoms with E-state index in [0.717, 1.165) is 22.8 Å². The predicted octanol–water partition coefficient (Wildman–Crippen LogP) is 1.60. The Morgan fingerprint density at radius 2 is 2.14 bits per heavy atom. The number of hydrogen-bond acceptors (Lipinski definition) is 6. The molecule has 0 spiro atoms. The van der Waals surface area contributed by atoms with E-state index in [1.807, 2.05) is 12.3 Å². The standard InChI is InChI=1S/C13H18N4O2S2/c1-9-17-10(8-20-9)5-6-16-13-4-3-11(7-12(13)14)21(18,19)15-2/h3-4,7-8,15-16H,5-6,14H2,1-2H3. The van der Waals surface area contributed by atoms with E-state index < -0.39 is 10.0 Å². The average Bonchev–Trinajstić information content (AvgIpc) is 2.86. The lowest BCUT2D eigenvalue weighted by Gasteiger charge is -2.10. The monoisotopic (exact) mass is 326 g/mol. The minimum absolute atomic E-state index is 0.156. The van der Waals surface area contributed by atoms with Crippen LogP contribution in [0, 0.1) is 6.92 Å². The van der Waals surface area contributed by atoms with Crippen molar-refractivity contribution in [2.45, 2.75) is 18.2 Å². The van der Waals surface area contributed by atoms with Gasteiger partial charge in [0.15, 0.2) is 0 Å². The summed E-state index contributed by atoms with van der Waals surface area (Å²) in [7, 11) is -2.10. The van der Waals surface area contributed by atoms with Gasteiger partial charge in [-0.1, -0.05) is 0 Å². The molecular formula is C13H18N4O2S2. The number of aromatic nitrogens is 1. The van der Waals surface area contributed by atoms with E-state index >= 15 is 0 Å². The van der Waals surface area contributed by atoms with E-state index in [1.165, 1.54) is 19.2 Å². The third kappa shape index (κ3) is 3.93. The number of aryl methyl sites for hydroxylation is 1. The summed E-state index contributed by atoms with van der Waals surface area (Å²) in [4.78, 5) is 4.54.